The molecule has 7 heteroatoms. The molecule has 0 aromatic heterocycles. The molecule has 0 heterocycles. The predicted octanol–water partition coefficient (Wildman–Crippen LogP) is 2.21. The minimum absolute atomic E-state index is 0.404. The summed E-state index contributed by atoms with van der Waals surface area (Å²) in [4.78, 5) is 24.9. The molecule has 0 unspecified atom stereocenters. The quantitative estimate of drug-likeness (QED) is 0.483. The second kappa shape index (κ2) is 6.93. The first-order valence-electron chi connectivity index (χ1n) is 5.36. The molecule has 0 radical (unpaired) electrons. The van der Waals surface area contributed by atoms with Crippen LogP contribution in [0.2, 0.25) is 0 Å². The van der Waals surface area contributed by atoms with Crippen LogP contribution >= 0.6 is 0 Å². The third-order valence-corrected chi connectivity index (χ3v) is 2.12. The maximum absolute atomic E-state index is 11.4. The minimum atomic E-state index is -0.656. The van der Waals surface area contributed by atoms with Crippen molar-refractivity contribution >= 4 is 17.6 Å². The summed E-state index contributed by atoms with van der Waals surface area (Å²) < 4.78 is 0. The molecule has 94 valence electrons. The summed E-state index contributed by atoms with van der Waals surface area (Å²) in [5.41, 5.74) is 9.70. The number of hydrogen-bond donors (Lipinski definition) is 2. The van der Waals surface area contributed by atoms with E-state index in [2.05, 4.69) is 15.3 Å². The smallest absolute Gasteiger partial charge is 0.308 e. The van der Waals surface area contributed by atoms with Crippen molar-refractivity contribution in [2.75, 3.05) is 11.9 Å². The topological polar surface area (TPSA) is 107 Å². The van der Waals surface area contributed by atoms with Crippen molar-refractivity contribution in [2.45, 2.75) is 13.3 Å². The molecule has 0 aliphatic carbocycles. The van der Waals surface area contributed by atoms with Crippen molar-refractivity contribution in [3.63, 3.8) is 0 Å². The van der Waals surface area contributed by atoms with E-state index in [4.69, 9.17) is 5.53 Å². The molecular formula is C11H13N5O2. The van der Waals surface area contributed by atoms with E-state index in [0.29, 0.717) is 5.69 Å². The molecule has 18 heavy (non-hydrogen) atoms. The Morgan fingerprint density at radius 3 is 2.89 bits per heavy atom. The zero-order chi connectivity index (χ0) is 13.4. The third kappa shape index (κ3) is 4.54. The molecule has 0 aliphatic heterocycles. The van der Waals surface area contributed by atoms with Crippen LogP contribution in [0.1, 0.15) is 12.5 Å². The largest absolute Gasteiger partial charge is 0.325 e. The highest BCUT2D eigenvalue weighted by atomic mass is 16.2. The summed E-state index contributed by atoms with van der Waals surface area (Å²) in [7, 11) is 0. The molecule has 3 amide bonds. The van der Waals surface area contributed by atoms with E-state index < -0.39 is 18.5 Å². The van der Waals surface area contributed by atoms with E-state index in [1.165, 1.54) is 0 Å². The standard InChI is InChI=1S/C11H13N5O2/c1-2-8-4-3-5-9(6-8)14-11(18)15-10(17)7-13-16-12/h3-6H,2,7H2,1H3,(H2,14,15,17,18). The lowest BCUT2D eigenvalue weighted by Crippen LogP contribution is -2.35. The molecule has 1 aromatic carbocycles. The van der Waals surface area contributed by atoms with Crippen molar-refractivity contribution in [1.82, 2.24) is 5.32 Å². The molecular weight excluding hydrogens is 234 g/mol. The number of benzene rings is 1. The Morgan fingerprint density at radius 2 is 2.22 bits per heavy atom. The number of imide groups is 1. The lowest BCUT2D eigenvalue weighted by Gasteiger charge is -2.06. The van der Waals surface area contributed by atoms with Gasteiger partial charge in [-0.25, -0.2) is 4.79 Å². The van der Waals surface area contributed by atoms with Gasteiger partial charge in [0.25, 0.3) is 0 Å². The van der Waals surface area contributed by atoms with E-state index in [1.807, 2.05) is 30.4 Å². The maximum Gasteiger partial charge on any atom is 0.325 e. The first-order chi connectivity index (χ1) is 8.65. The SMILES string of the molecule is CCc1cccc(NC(=O)NC(=O)CN=[N+]=[N-])c1. The van der Waals surface area contributed by atoms with Gasteiger partial charge in [0.15, 0.2) is 0 Å². The number of nitrogens with zero attached hydrogens (tertiary/aromatic N) is 3. The van der Waals surface area contributed by atoms with E-state index in [1.54, 1.807) is 6.07 Å². The highest BCUT2D eigenvalue weighted by Crippen LogP contribution is 2.10. The number of urea groups is 1. The van der Waals surface area contributed by atoms with Gasteiger partial charge in [-0.1, -0.05) is 24.2 Å². The van der Waals surface area contributed by atoms with Crippen LogP contribution in [-0.2, 0) is 11.2 Å². The Morgan fingerprint density at radius 1 is 1.44 bits per heavy atom. The average Bonchev–Trinajstić information content (AvgIpc) is 2.36. The second-order valence-electron chi connectivity index (χ2n) is 3.45. The van der Waals surface area contributed by atoms with Crippen LogP contribution in [0.4, 0.5) is 10.5 Å². The van der Waals surface area contributed by atoms with Gasteiger partial charge in [0, 0.05) is 10.6 Å². The summed E-state index contributed by atoms with van der Waals surface area (Å²) >= 11 is 0. The van der Waals surface area contributed by atoms with Gasteiger partial charge in [-0.05, 0) is 29.6 Å². The number of anilines is 1. The number of carbonyl (C=O) groups excluding carboxylic acids is 2. The summed E-state index contributed by atoms with van der Waals surface area (Å²) in [5.74, 6) is -0.656. The number of azide groups is 1. The lowest BCUT2D eigenvalue weighted by molar-refractivity contribution is -0.118. The van der Waals surface area contributed by atoms with Gasteiger partial charge in [0.1, 0.15) is 6.54 Å². The van der Waals surface area contributed by atoms with Crippen molar-refractivity contribution in [3.05, 3.63) is 40.3 Å². The molecule has 2 N–H and O–H groups in total. The van der Waals surface area contributed by atoms with Crippen LogP contribution in [-0.4, -0.2) is 18.5 Å². The molecule has 0 bridgehead atoms. The minimum Gasteiger partial charge on any atom is -0.308 e. The molecule has 0 fully saturated rings. The highest BCUT2D eigenvalue weighted by molar-refractivity contribution is 6.01. The first kappa shape index (κ1) is 13.5. The van der Waals surface area contributed by atoms with Crippen LogP contribution < -0.4 is 10.6 Å². The highest BCUT2D eigenvalue weighted by Gasteiger charge is 2.06. The fraction of sp³-hybridized carbons (Fsp3) is 0.273. The zero-order valence-electron chi connectivity index (χ0n) is 9.88. The molecule has 0 aliphatic rings. The molecule has 0 saturated heterocycles. The molecule has 0 atom stereocenters. The van der Waals surface area contributed by atoms with E-state index in [-0.39, 0.29) is 0 Å². The second-order valence-corrected chi connectivity index (χ2v) is 3.45. The van der Waals surface area contributed by atoms with Crippen LogP contribution in [0.5, 0.6) is 0 Å². The van der Waals surface area contributed by atoms with Gasteiger partial charge >= 0.3 is 6.03 Å². The average molecular weight is 247 g/mol. The van der Waals surface area contributed by atoms with Gasteiger partial charge in [-0.3, -0.25) is 10.1 Å². The van der Waals surface area contributed by atoms with E-state index in [0.717, 1.165) is 12.0 Å². The third-order valence-electron chi connectivity index (χ3n) is 2.12. The number of nitrogens with one attached hydrogen (secondary N) is 2. The number of carbonyl (C=O) groups is 2. The van der Waals surface area contributed by atoms with Gasteiger partial charge < -0.3 is 5.32 Å². The molecule has 1 rings (SSSR count). The van der Waals surface area contributed by atoms with Gasteiger partial charge in [-0.2, -0.15) is 0 Å². The van der Waals surface area contributed by atoms with Gasteiger partial charge in [0.05, 0.1) is 0 Å². The Bertz CT molecular complexity index is 494. The van der Waals surface area contributed by atoms with E-state index >= 15 is 0 Å². The van der Waals surface area contributed by atoms with Crippen LogP contribution in [0, 0.1) is 0 Å². The van der Waals surface area contributed by atoms with Crippen LogP contribution in [0.25, 0.3) is 10.4 Å². The number of aryl methyl sites for hydroxylation is 1. The Kier molecular flexibility index (Phi) is 5.21. The zero-order valence-corrected chi connectivity index (χ0v) is 9.88. The number of rotatable bonds is 4. The maximum atomic E-state index is 11.4. The van der Waals surface area contributed by atoms with Crippen LogP contribution in [0.15, 0.2) is 29.4 Å². The Balaban J connectivity index is 2.53. The van der Waals surface area contributed by atoms with Crippen molar-refractivity contribution in [1.29, 1.82) is 0 Å². The Hall–Kier alpha value is -2.53. The van der Waals surface area contributed by atoms with Gasteiger partial charge in [-0.15, -0.1) is 0 Å². The van der Waals surface area contributed by atoms with Crippen LogP contribution in [0.3, 0.4) is 0 Å². The summed E-state index contributed by atoms with van der Waals surface area (Å²) in [6, 6.07) is 6.64. The number of hydrogen-bond acceptors (Lipinski definition) is 3. The van der Waals surface area contributed by atoms with Crippen molar-refractivity contribution in [3.8, 4) is 0 Å². The molecule has 0 saturated carbocycles. The molecule has 1 aromatic rings. The number of amides is 3. The Labute approximate surface area is 104 Å². The fourth-order valence-electron chi connectivity index (χ4n) is 1.29. The molecule has 7 nitrogen and oxygen atoms in total. The predicted molar refractivity (Wildman–Crippen MR) is 67.0 cm³/mol. The first-order valence-corrected chi connectivity index (χ1v) is 5.36. The fourth-order valence-corrected chi connectivity index (χ4v) is 1.29. The monoisotopic (exact) mass is 247 g/mol. The van der Waals surface area contributed by atoms with E-state index in [9.17, 15) is 9.59 Å². The van der Waals surface area contributed by atoms with Gasteiger partial charge in [0.2, 0.25) is 5.91 Å². The summed E-state index contributed by atoms with van der Waals surface area (Å²) in [6.45, 7) is 1.60. The lowest BCUT2D eigenvalue weighted by atomic mass is 10.1. The van der Waals surface area contributed by atoms with Crippen molar-refractivity contribution in [2.24, 2.45) is 5.11 Å². The summed E-state index contributed by atoms with van der Waals surface area (Å²) in [5, 5.41) is 7.61. The summed E-state index contributed by atoms with van der Waals surface area (Å²) in [6.07, 6.45) is 0.854. The van der Waals surface area contributed by atoms with Crippen molar-refractivity contribution < 1.29 is 9.59 Å². The molecule has 0 spiro atoms. The normalized spacial score (nSPS) is 9.17.